The van der Waals surface area contributed by atoms with E-state index in [9.17, 15) is 9.59 Å². The van der Waals surface area contributed by atoms with Gasteiger partial charge in [-0.15, -0.1) is 0 Å². The van der Waals surface area contributed by atoms with Gasteiger partial charge in [-0.1, -0.05) is 39.3 Å². The lowest BCUT2D eigenvalue weighted by Gasteiger charge is -2.28. The molecule has 0 heterocycles. The summed E-state index contributed by atoms with van der Waals surface area (Å²) in [6, 6.07) is 7.85. The average Bonchev–Trinajstić information content (AvgIpc) is 2.54. The second-order valence-corrected chi connectivity index (χ2v) is 6.51. The SMILES string of the molecule is CCCCOc1ccc(C(C(C)C)C(C)NC(=O)/C=C\C(=O)O)cc1. The van der Waals surface area contributed by atoms with E-state index < -0.39 is 11.9 Å². The predicted octanol–water partition coefficient (Wildman–Crippen LogP) is 3.75. The minimum atomic E-state index is -1.14. The van der Waals surface area contributed by atoms with E-state index >= 15 is 0 Å². The summed E-state index contributed by atoms with van der Waals surface area (Å²) in [6.45, 7) is 8.98. The van der Waals surface area contributed by atoms with Gasteiger partial charge in [0.1, 0.15) is 5.75 Å². The number of amides is 1. The van der Waals surface area contributed by atoms with Crippen LogP contribution in [0.4, 0.5) is 0 Å². The van der Waals surface area contributed by atoms with Crippen LogP contribution in [0, 0.1) is 5.92 Å². The third kappa shape index (κ3) is 7.42. The van der Waals surface area contributed by atoms with Crippen molar-refractivity contribution in [1.82, 2.24) is 5.32 Å². The molecular weight excluding hydrogens is 318 g/mol. The third-order valence-corrected chi connectivity index (χ3v) is 4.04. The van der Waals surface area contributed by atoms with Crippen molar-refractivity contribution in [1.29, 1.82) is 0 Å². The fourth-order valence-corrected chi connectivity index (χ4v) is 2.88. The molecule has 25 heavy (non-hydrogen) atoms. The zero-order chi connectivity index (χ0) is 18.8. The standard InChI is InChI=1S/C20H29NO4/c1-5-6-13-25-17-9-7-16(8-10-17)20(14(2)3)15(4)21-18(22)11-12-19(23)24/h7-12,14-15,20H,5-6,13H2,1-4H3,(H,21,22)(H,23,24)/b12-11-. The number of nitrogens with one attached hydrogen (secondary N) is 1. The molecule has 5 nitrogen and oxygen atoms in total. The van der Waals surface area contributed by atoms with Gasteiger partial charge in [-0.3, -0.25) is 4.79 Å². The summed E-state index contributed by atoms with van der Waals surface area (Å²) in [5, 5.41) is 11.4. The molecule has 1 amide bonds. The number of carbonyl (C=O) groups excluding carboxylic acids is 1. The summed E-state index contributed by atoms with van der Waals surface area (Å²) in [5.41, 5.74) is 1.12. The Balaban J connectivity index is 2.78. The van der Waals surface area contributed by atoms with E-state index in [1.54, 1.807) is 0 Å². The van der Waals surface area contributed by atoms with Crippen molar-refractivity contribution in [3.63, 3.8) is 0 Å². The summed E-state index contributed by atoms with van der Waals surface area (Å²) >= 11 is 0. The molecule has 1 aromatic carbocycles. The number of unbranched alkanes of at least 4 members (excludes halogenated alkanes) is 1. The zero-order valence-electron chi connectivity index (χ0n) is 15.5. The largest absolute Gasteiger partial charge is 0.494 e. The van der Waals surface area contributed by atoms with Crippen molar-refractivity contribution in [3.8, 4) is 5.75 Å². The first-order valence-electron chi connectivity index (χ1n) is 8.79. The summed E-state index contributed by atoms with van der Waals surface area (Å²) in [4.78, 5) is 22.3. The molecule has 0 saturated carbocycles. The molecule has 0 spiro atoms. The smallest absolute Gasteiger partial charge is 0.328 e. The Morgan fingerprint density at radius 2 is 1.80 bits per heavy atom. The first kappa shape index (κ1) is 20.7. The molecule has 0 aromatic heterocycles. The molecule has 0 saturated heterocycles. The lowest BCUT2D eigenvalue weighted by atomic mass is 9.83. The quantitative estimate of drug-likeness (QED) is 0.499. The molecule has 2 unspecified atom stereocenters. The molecule has 0 aliphatic rings. The van der Waals surface area contributed by atoms with Gasteiger partial charge in [0.2, 0.25) is 5.91 Å². The third-order valence-electron chi connectivity index (χ3n) is 4.04. The lowest BCUT2D eigenvalue weighted by Crippen LogP contribution is -2.38. The Bertz CT molecular complexity index is 578. The Kier molecular flexibility index (Phi) is 8.75. The highest BCUT2D eigenvalue weighted by Crippen LogP contribution is 2.29. The van der Waals surface area contributed by atoms with Crippen LogP contribution < -0.4 is 10.1 Å². The van der Waals surface area contributed by atoms with Crippen LogP contribution in [-0.2, 0) is 9.59 Å². The molecule has 138 valence electrons. The number of aliphatic carboxylic acids is 1. The van der Waals surface area contributed by atoms with Gasteiger partial charge in [0, 0.05) is 24.1 Å². The second kappa shape index (κ2) is 10.5. The number of rotatable bonds is 10. The highest BCUT2D eigenvalue weighted by Gasteiger charge is 2.23. The van der Waals surface area contributed by atoms with E-state index in [4.69, 9.17) is 9.84 Å². The molecule has 2 atom stereocenters. The normalized spacial score (nSPS) is 13.6. The van der Waals surface area contributed by atoms with Gasteiger partial charge in [0.15, 0.2) is 0 Å². The van der Waals surface area contributed by atoms with Gasteiger partial charge in [0.05, 0.1) is 6.61 Å². The van der Waals surface area contributed by atoms with Crippen LogP contribution in [0.2, 0.25) is 0 Å². The van der Waals surface area contributed by atoms with Crippen molar-refractivity contribution in [2.45, 2.75) is 52.5 Å². The molecule has 1 rings (SSSR count). The van der Waals surface area contributed by atoms with Crippen molar-refractivity contribution in [3.05, 3.63) is 42.0 Å². The fourth-order valence-electron chi connectivity index (χ4n) is 2.88. The number of hydrogen-bond donors (Lipinski definition) is 2. The maximum atomic E-state index is 11.8. The van der Waals surface area contributed by atoms with Crippen molar-refractivity contribution < 1.29 is 19.4 Å². The minimum Gasteiger partial charge on any atom is -0.494 e. The van der Waals surface area contributed by atoms with E-state index in [0.29, 0.717) is 12.5 Å². The van der Waals surface area contributed by atoms with Gasteiger partial charge < -0.3 is 15.2 Å². The fraction of sp³-hybridized carbons (Fsp3) is 0.500. The molecule has 0 bridgehead atoms. The van der Waals surface area contributed by atoms with Crippen LogP contribution in [0.1, 0.15) is 52.0 Å². The number of carbonyl (C=O) groups is 2. The van der Waals surface area contributed by atoms with Crippen LogP contribution in [-0.4, -0.2) is 29.6 Å². The lowest BCUT2D eigenvalue weighted by molar-refractivity contribution is -0.131. The maximum Gasteiger partial charge on any atom is 0.328 e. The first-order chi connectivity index (χ1) is 11.8. The van der Waals surface area contributed by atoms with Gasteiger partial charge in [-0.25, -0.2) is 4.79 Å². The summed E-state index contributed by atoms with van der Waals surface area (Å²) in [6.07, 6.45) is 4.01. The molecule has 0 aliphatic heterocycles. The molecular formula is C20H29NO4. The van der Waals surface area contributed by atoms with Gasteiger partial charge in [-0.05, 0) is 37.0 Å². The Morgan fingerprint density at radius 1 is 1.16 bits per heavy atom. The Morgan fingerprint density at radius 3 is 2.32 bits per heavy atom. The number of carboxylic acids is 1. The minimum absolute atomic E-state index is 0.117. The average molecular weight is 347 g/mol. The van der Waals surface area contributed by atoms with Crippen molar-refractivity contribution in [2.75, 3.05) is 6.61 Å². The second-order valence-electron chi connectivity index (χ2n) is 6.51. The highest BCUT2D eigenvalue weighted by molar-refractivity contribution is 5.94. The van der Waals surface area contributed by atoms with E-state index in [1.807, 2.05) is 31.2 Å². The summed E-state index contributed by atoms with van der Waals surface area (Å²) in [7, 11) is 0. The van der Waals surface area contributed by atoms with Crippen LogP contribution in [0.5, 0.6) is 5.75 Å². The number of ether oxygens (including phenoxy) is 1. The highest BCUT2D eigenvalue weighted by atomic mass is 16.5. The summed E-state index contributed by atoms with van der Waals surface area (Å²) in [5.74, 6) is -0.264. The number of hydrogen-bond acceptors (Lipinski definition) is 3. The number of benzene rings is 1. The van der Waals surface area contributed by atoms with E-state index in [2.05, 4.69) is 26.1 Å². The van der Waals surface area contributed by atoms with Gasteiger partial charge >= 0.3 is 5.97 Å². The number of carboxylic acid groups (broad SMARTS) is 1. The van der Waals surface area contributed by atoms with E-state index in [1.165, 1.54) is 0 Å². The maximum absolute atomic E-state index is 11.8. The van der Waals surface area contributed by atoms with Crippen LogP contribution >= 0.6 is 0 Å². The van der Waals surface area contributed by atoms with Gasteiger partial charge in [0.25, 0.3) is 0 Å². The monoisotopic (exact) mass is 347 g/mol. The Labute approximate surface area is 150 Å². The molecule has 0 aliphatic carbocycles. The summed E-state index contributed by atoms with van der Waals surface area (Å²) < 4.78 is 5.69. The van der Waals surface area contributed by atoms with Crippen molar-refractivity contribution >= 4 is 11.9 Å². The van der Waals surface area contributed by atoms with Crippen LogP contribution in [0.15, 0.2) is 36.4 Å². The topological polar surface area (TPSA) is 75.6 Å². The Hall–Kier alpha value is -2.30. The first-order valence-corrected chi connectivity index (χ1v) is 8.79. The zero-order valence-corrected chi connectivity index (χ0v) is 15.5. The molecule has 5 heteroatoms. The predicted molar refractivity (Wildman–Crippen MR) is 98.8 cm³/mol. The van der Waals surface area contributed by atoms with Crippen molar-refractivity contribution in [2.24, 2.45) is 5.92 Å². The molecule has 0 radical (unpaired) electrons. The van der Waals surface area contributed by atoms with E-state index in [-0.39, 0.29) is 12.0 Å². The molecule has 2 N–H and O–H groups in total. The van der Waals surface area contributed by atoms with Gasteiger partial charge in [-0.2, -0.15) is 0 Å². The van der Waals surface area contributed by atoms with E-state index in [0.717, 1.165) is 36.3 Å². The van der Waals surface area contributed by atoms with Crippen LogP contribution in [0.3, 0.4) is 0 Å². The van der Waals surface area contributed by atoms with Crippen LogP contribution in [0.25, 0.3) is 0 Å². The molecule has 0 fully saturated rings. The molecule has 1 aromatic rings.